The van der Waals surface area contributed by atoms with E-state index >= 15 is 0 Å². The first-order valence-electron chi connectivity index (χ1n) is 10.4. The lowest BCUT2D eigenvalue weighted by atomic mass is 9.83. The van der Waals surface area contributed by atoms with Crippen LogP contribution in [0.1, 0.15) is 25.5 Å². The number of nitrogens with one attached hydrogen (secondary N) is 2. The Labute approximate surface area is 185 Å². The van der Waals surface area contributed by atoms with E-state index in [9.17, 15) is 17.6 Å². The molecule has 0 saturated carbocycles. The van der Waals surface area contributed by atoms with Crippen LogP contribution in [0.4, 0.5) is 15.8 Å². The molecule has 2 aliphatic rings. The number of rotatable bonds is 3. The number of anilines is 2. The van der Waals surface area contributed by atoms with Crippen LogP contribution in [0.3, 0.4) is 0 Å². The molecule has 2 N–H and O–H groups in total. The van der Waals surface area contributed by atoms with Crippen molar-refractivity contribution in [3.8, 4) is 5.69 Å². The molecule has 1 amide bonds. The number of aromatic nitrogens is 1. The van der Waals surface area contributed by atoms with E-state index in [1.807, 2.05) is 18.3 Å². The Bertz CT molecular complexity index is 1290. The molecular formula is C23H23FN4O3S. The molecule has 166 valence electrons. The fraction of sp³-hybridized carbons (Fsp3) is 0.261. The molecule has 1 aromatic heterocycles. The SMILES string of the molecule is CC(=O)Nc1ccc(S(=O)(=O)N2CCC3(CC2)Nc2cc(F)ccc2-n2cccc23)cc1. The maximum Gasteiger partial charge on any atom is 0.243 e. The van der Waals surface area contributed by atoms with Gasteiger partial charge in [0.05, 0.1) is 21.8 Å². The van der Waals surface area contributed by atoms with Crippen molar-refractivity contribution in [2.75, 3.05) is 23.7 Å². The number of hydrogen-bond donors (Lipinski definition) is 2. The molecule has 7 nitrogen and oxygen atoms in total. The van der Waals surface area contributed by atoms with Crippen LogP contribution in [0, 0.1) is 5.82 Å². The number of hydrogen-bond acceptors (Lipinski definition) is 4. The van der Waals surface area contributed by atoms with E-state index in [4.69, 9.17) is 0 Å². The van der Waals surface area contributed by atoms with Gasteiger partial charge in [-0.1, -0.05) is 0 Å². The standard InChI is InChI=1S/C23H23FN4O3S/c1-16(29)25-18-5-7-19(8-6-18)32(30,31)27-13-10-23(11-14-27)22-3-2-12-28(22)21-9-4-17(24)15-20(21)26-23/h2-9,12,15,26H,10-11,13-14H2,1H3,(H,25,29). The lowest BCUT2D eigenvalue weighted by Gasteiger charge is -2.45. The summed E-state index contributed by atoms with van der Waals surface area (Å²) in [4.78, 5) is 11.4. The third kappa shape index (κ3) is 3.37. The molecule has 32 heavy (non-hydrogen) atoms. The van der Waals surface area contributed by atoms with Crippen LogP contribution in [0.15, 0.2) is 65.7 Å². The number of halogens is 1. The molecule has 0 unspecified atom stereocenters. The van der Waals surface area contributed by atoms with Crippen LogP contribution in [0.25, 0.3) is 5.69 Å². The molecule has 0 aliphatic carbocycles. The zero-order chi connectivity index (χ0) is 22.5. The second-order valence-electron chi connectivity index (χ2n) is 8.24. The highest BCUT2D eigenvalue weighted by Gasteiger charge is 2.43. The predicted octanol–water partition coefficient (Wildman–Crippen LogP) is 3.68. The summed E-state index contributed by atoms with van der Waals surface area (Å²) < 4.78 is 43.8. The van der Waals surface area contributed by atoms with Crippen molar-refractivity contribution < 1.29 is 17.6 Å². The molecule has 2 aliphatic heterocycles. The van der Waals surface area contributed by atoms with E-state index in [1.165, 1.54) is 35.5 Å². The van der Waals surface area contributed by atoms with Gasteiger partial charge in [0.15, 0.2) is 0 Å². The monoisotopic (exact) mass is 454 g/mol. The van der Waals surface area contributed by atoms with E-state index in [0.717, 1.165) is 11.4 Å². The third-order valence-electron chi connectivity index (χ3n) is 6.22. The van der Waals surface area contributed by atoms with Crippen molar-refractivity contribution >= 4 is 27.3 Å². The zero-order valence-corrected chi connectivity index (χ0v) is 18.3. The van der Waals surface area contributed by atoms with Crippen LogP contribution in [-0.2, 0) is 20.4 Å². The highest BCUT2D eigenvalue weighted by Crippen LogP contribution is 2.44. The van der Waals surface area contributed by atoms with Crippen molar-refractivity contribution in [1.82, 2.24) is 8.87 Å². The topological polar surface area (TPSA) is 83.4 Å². The number of benzene rings is 2. The van der Waals surface area contributed by atoms with E-state index in [0.29, 0.717) is 37.3 Å². The normalized spacial score (nSPS) is 17.3. The molecule has 3 heterocycles. The second-order valence-corrected chi connectivity index (χ2v) is 10.2. The van der Waals surface area contributed by atoms with Gasteiger partial charge in [0.2, 0.25) is 15.9 Å². The van der Waals surface area contributed by atoms with Gasteiger partial charge in [-0.25, -0.2) is 12.8 Å². The maximum absolute atomic E-state index is 13.9. The number of carbonyl (C=O) groups excluding carboxylic acids is 1. The summed E-state index contributed by atoms with van der Waals surface area (Å²) in [7, 11) is -3.67. The second kappa shape index (κ2) is 7.46. The molecular weight excluding hydrogens is 431 g/mol. The Morgan fingerprint density at radius 3 is 2.50 bits per heavy atom. The number of nitrogens with zero attached hydrogens (tertiary/aromatic N) is 2. The van der Waals surface area contributed by atoms with Crippen LogP contribution in [-0.4, -0.2) is 36.3 Å². The van der Waals surface area contributed by atoms with Gasteiger partial charge >= 0.3 is 0 Å². The quantitative estimate of drug-likeness (QED) is 0.633. The van der Waals surface area contributed by atoms with Crippen molar-refractivity contribution in [3.05, 3.63) is 72.3 Å². The molecule has 1 spiro atoms. The van der Waals surface area contributed by atoms with Gasteiger partial charge in [-0.2, -0.15) is 4.31 Å². The third-order valence-corrected chi connectivity index (χ3v) is 8.13. The Morgan fingerprint density at radius 1 is 1.09 bits per heavy atom. The largest absolute Gasteiger partial charge is 0.372 e. The number of sulfonamides is 1. The van der Waals surface area contributed by atoms with Gasteiger partial charge in [0.25, 0.3) is 0 Å². The van der Waals surface area contributed by atoms with Gasteiger partial charge in [-0.3, -0.25) is 4.79 Å². The first-order chi connectivity index (χ1) is 15.3. The molecule has 2 aromatic carbocycles. The van der Waals surface area contributed by atoms with E-state index in [2.05, 4.69) is 15.2 Å². The van der Waals surface area contributed by atoms with Crippen LogP contribution in [0.5, 0.6) is 0 Å². The molecule has 5 rings (SSSR count). The Morgan fingerprint density at radius 2 is 1.81 bits per heavy atom. The van der Waals surface area contributed by atoms with E-state index in [1.54, 1.807) is 18.2 Å². The molecule has 0 radical (unpaired) electrons. The van der Waals surface area contributed by atoms with E-state index < -0.39 is 15.6 Å². The number of amides is 1. The Hall–Kier alpha value is -3.17. The fourth-order valence-corrected chi connectivity index (χ4v) is 6.11. The highest BCUT2D eigenvalue weighted by atomic mass is 32.2. The van der Waals surface area contributed by atoms with Gasteiger partial charge in [0, 0.05) is 37.6 Å². The Kier molecular flexibility index (Phi) is 4.83. The minimum atomic E-state index is -3.67. The summed E-state index contributed by atoms with van der Waals surface area (Å²) in [6, 6.07) is 14.8. The molecule has 9 heteroatoms. The fourth-order valence-electron chi connectivity index (χ4n) is 4.67. The molecule has 1 fully saturated rings. The summed E-state index contributed by atoms with van der Waals surface area (Å²) >= 11 is 0. The first kappa shape index (κ1) is 20.7. The van der Waals surface area contributed by atoms with Gasteiger partial charge in [-0.15, -0.1) is 0 Å². The lowest BCUT2D eigenvalue weighted by Crippen LogP contribution is -2.51. The minimum Gasteiger partial charge on any atom is -0.372 e. The van der Waals surface area contributed by atoms with E-state index in [-0.39, 0.29) is 16.6 Å². The number of fused-ring (bicyclic) bond motifs is 4. The highest BCUT2D eigenvalue weighted by molar-refractivity contribution is 7.89. The summed E-state index contributed by atoms with van der Waals surface area (Å²) in [6.45, 7) is 2.06. The number of piperidine rings is 1. The smallest absolute Gasteiger partial charge is 0.243 e. The zero-order valence-electron chi connectivity index (χ0n) is 17.5. The summed E-state index contributed by atoms with van der Waals surface area (Å²) in [5.41, 5.74) is 2.72. The number of carbonyl (C=O) groups is 1. The summed E-state index contributed by atoms with van der Waals surface area (Å²) in [5, 5.41) is 6.15. The van der Waals surface area contributed by atoms with Crippen LogP contribution >= 0.6 is 0 Å². The van der Waals surface area contributed by atoms with Gasteiger partial charge in [0.1, 0.15) is 5.82 Å². The summed E-state index contributed by atoms with van der Waals surface area (Å²) in [5.74, 6) is -0.530. The lowest BCUT2D eigenvalue weighted by molar-refractivity contribution is -0.114. The average molecular weight is 455 g/mol. The molecule has 3 aromatic rings. The van der Waals surface area contributed by atoms with Crippen molar-refractivity contribution in [2.45, 2.75) is 30.2 Å². The van der Waals surface area contributed by atoms with Gasteiger partial charge < -0.3 is 15.2 Å². The molecule has 0 bridgehead atoms. The van der Waals surface area contributed by atoms with Crippen molar-refractivity contribution in [3.63, 3.8) is 0 Å². The van der Waals surface area contributed by atoms with Gasteiger partial charge in [-0.05, 0) is 67.4 Å². The minimum absolute atomic E-state index is 0.190. The summed E-state index contributed by atoms with van der Waals surface area (Å²) in [6.07, 6.45) is 3.06. The predicted molar refractivity (Wildman–Crippen MR) is 120 cm³/mol. The van der Waals surface area contributed by atoms with Crippen molar-refractivity contribution in [2.24, 2.45) is 0 Å². The van der Waals surface area contributed by atoms with Crippen LogP contribution in [0.2, 0.25) is 0 Å². The Balaban J connectivity index is 1.39. The average Bonchev–Trinajstić information content (AvgIpc) is 3.25. The molecule has 1 saturated heterocycles. The van der Waals surface area contributed by atoms with Crippen LogP contribution < -0.4 is 10.6 Å². The van der Waals surface area contributed by atoms with Crippen molar-refractivity contribution in [1.29, 1.82) is 0 Å². The molecule has 0 atom stereocenters. The maximum atomic E-state index is 13.9. The first-order valence-corrected chi connectivity index (χ1v) is 11.9.